The molecule has 2 fully saturated rings. The Labute approximate surface area is 153 Å². The fourth-order valence-corrected chi connectivity index (χ4v) is 4.32. The number of carbonyl (C=O) groups is 2. The molecule has 1 saturated carbocycles. The van der Waals surface area contributed by atoms with Gasteiger partial charge in [0.1, 0.15) is 11.6 Å². The number of hydrogen-bond acceptors (Lipinski definition) is 3. The van der Waals surface area contributed by atoms with Crippen LogP contribution in [0.4, 0.5) is 0 Å². The van der Waals surface area contributed by atoms with E-state index in [2.05, 4.69) is 0 Å². The van der Waals surface area contributed by atoms with Crippen molar-refractivity contribution < 1.29 is 14.7 Å². The minimum Gasteiger partial charge on any atom is -0.480 e. The molecule has 1 aromatic rings. The van der Waals surface area contributed by atoms with Gasteiger partial charge in [-0.1, -0.05) is 19.3 Å². The van der Waals surface area contributed by atoms with Crippen LogP contribution in [0.5, 0.6) is 0 Å². The van der Waals surface area contributed by atoms with E-state index in [1.807, 2.05) is 13.8 Å². The van der Waals surface area contributed by atoms with Crippen LogP contribution in [0, 0.1) is 19.8 Å². The number of carboxylic acids is 1. The summed E-state index contributed by atoms with van der Waals surface area (Å²) in [4.78, 5) is 38.8. The summed E-state index contributed by atoms with van der Waals surface area (Å²) < 4.78 is 1.74. The van der Waals surface area contributed by atoms with Crippen LogP contribution in [0.1, 0.15) is 66.6 Å². The Hall–Kier alpha value is -2.11. The second-order valence-electron chi connectivity index (χ2n) is 7.74. The van der Waals surface area contributed by atoms with Crippen LogP contribution in [0.3, 0.4) is 0 Å². The third-order valence-electron chi connectivity index (χ3n) is 6.01. The zero-order chi connectivity index (χ0) is 18.8. The second kappa shape index (κ2) is 7.64. The number of pyridine rings is 1. The van der Waals surface area contributed by atoms with Gasteiger partial charge in [-0.15, -0.1) is 0 Å². The summed E-state index contributed by atoms with van der Waals surface area (Å²) in [5.74, 6) is -0.967. The molecule has 0 radical (unpaired) electrons. The maximum Gasteiger partial charge on any atom is 0.326 e. The minimum absolute atomic E-state index is 0.108. The molecule has 26 heavy (non-hydrogen) atoms. The SMILES string of the molecule is Cc1cc(C(=O)N2CCC[C@@H]2C(=O)O)c(=O)n(CC2CCCCC2)c1C. The number of hydrogen-bond donors (Lipinski definition) is 1. The molecule has 1 saturated heterocycles. The molecule has 1 aliphatic heterocycles. The van der Waals surface area contributed by atoms with Crippen molar-refractivity contribution in [3.05, 3.63) is 33.2 Å². The highest BCUT2D eigenvalue weighted by atomic mass is 16.4. The molecular formula is C20H28N2O4. The number of aliphatic carboxylic acids is 1. The smallest absolute Gasteiger partial charge is 0.326 e. The Morgan fingerprint density at radius 3 is 2.46 bits per heavy atom. The molecule has 2 heterocycles. The molecule has 1 N–H and O–H groups in total. The van der Waals surface area contributed by atoms with E-state index in [0.717, 1.165) is 24.1 Å². The van der Waals surface area contributed by atoms with Crippen molar-refractivity contribution in [3.63, 3.8) is 0 Å². The van der Waals surface area contributed by atoms with E-state index < -0.39 is 17.9 Å². The number of likely N-dealkylation sites (tertiary alicyclic amines) is 1. The largest absolute Gasteiger partial charge is 0.480 e. The predicted molar refractivity (Wildman–Crippen MR) is 98.4 cm³/mol. The first kappa shape index (κ1) is 18.7. The first-order chi connectivity index (χ1) is 12.4. The van der Waals surface area contributed by atoms with Crippen molar-refractivity contribution in [2.75, 3.05) is 6.54 Å². The van der Waals surface area contributed by atoms with E-state index in [1.54, 1.807) is 10.6 Å². The first-order valence-corrected chi connectivity index (χ1v) is 9.65. The molecule has 6 nitrogen and oxygen atoms in total. The van der Waals surface area contributed by atoms with Gasteiger partial charge in [0.25, 0.3) is 11.5 Å². The number of carboxylic acid groups (broad SMARTS) is 1. The summed E-state index contributed by atoms with van der Waals surface area (Å²) in [5, 5.41) is 9.34. The third kappa shape index (κ3) is 3.55. The number of amides is 1. The van der Waals surface area contributed by atoms with Gasteiger partial charge < -0.3 is 14.6 Å². The molecule has 1 atom stereocenters. The van der Waals surface area contributed by atoms with Gasteiger partial charge in [0.05, 0.1) is 0 Å². The summed E-state index contributed by atoms with van der Waals surface area (Å²) in [6.07, 6.45) is 7.00. The highest BCUT2D eigenvalue weighted by Gasteiger charge is 2.35. The number of nitrogens with zero attached hydrogens (tertiary/aromatic N) is 2. The van der Waals surface area contributed by atoms with Crippen LogP contribution in [0.15, 0.2) is 10.9 Å². The molecule has 1 aromatic heterocycles. The lowest BCUT2D eigenvalue weighted by atomic mass is 9.89. The number of aryl methyl sites for hydroxylation is 1. The Bertz CT molecular complexity index is 762. The Balaban J connectivity index is 1.93. The summed E-state index contributed by atoms with van der Waals surface area (Å²) in [7, 11) is 0. The van der Waals surface area contributed by atoms with Gasteiger partial charge >= 0.3 is 5.97 Å². The number of aromatic nitrogens is 1. The van der Waals surface area contributed by atoms with Crippen LogP contribution in [-0.4, -0.2) is 39.0 Å². The van der Waals surface area contributed by atoms with E-state index in [1.165, 1.54) is 24.2 Å². The standard InChI is InChI=1S/C20H28N2O4/c1-13-11-16(18(23)21-10-6-9-17(21)20(25)26)19(24)22(14(13)2)12-15-7-4-3-5-8-15/h11,15,17H,3-10,12H2,1-2H3,(H,25,26)/t17-/m1/s1. The van der Waals surface area contributed by atoms with Crippen LogP contribution in [0.25, 0.3) is 0 Å². The fourth-order valence-electron chi connectivity index (χ4n) is 4.32. The molecule has 1 aliphatic carbocycles. The number of rotatable bonds is 4. The summed E-state index contributed by atoms with van der Waals surface area (Å²) >= 11 is 0. The van der Waals surface area contributed by atoms with Crippen molar-refractivity contribution in [2.24, 2.45) is 5.92 Å². The second-order valence-corrected chi connectivity index (χ2v) is 7.74. The lowest BCUT2D eigenvalue weighted by Crippen LogP contribution is -2.43. The maximum absolute atomic E-state index is 13.1. The molecule has 0 aromatic carbocycles. The molecule has 142 valence electrons. The molecule has 2 aliphatic rings. The van der Waals surface area contributed by atoms with Crippen molar-refractivity contribution >= 4 is 11.9 Å². The summed E-state index contributed by atoms with van der Waals surface area (Å²) in [5.41, 5.74) is 1.62. The van der Waals surface area contributed by atoms with E-state index >= 15 is 0 Å². The lowest BCUT2D eigenvalue weighted by Gasteiger charge is -2.25. The average Bonchev–Trinajstić information content (AvgIpc) is 3.12. The zero-order valence-electron chi connectivity index (χ0n) is 15.7. The topological polar surface area (TPSA) is 79.6 Å². The summed E-state index contributed by atoms with van der Waals surface area (Å²) in [6, 6.07) is 0.810. The molecule has 6 heteroatoms. The molecule has 0 spiro atoms. The average molecular weight is 360 g/mol. The van der Waals surface area contributed by atoms with Gasteiger partial charge in [-0.3, -0.25) is 9.59 Å². The highest BCUT2D eigenvalue weighted by molar-refractivity contribution is 5.96. The normalized spacial score (nSPS) is 21.2. The maximum atomic E-state index is 13.1. The van der Waals surface area contributed by atoms with Crippen molar-refractivity contribution in [3.8, 4) is 0 Å². The molecule has 0 bridgehead atoms. The van der Waals surface area contributed by atoms with Gasteiger partial charge in [0, 0.05) is 18.8 Å². The lowest BCUT2D eigenvalue weighted by molar-refractivity contribution is -0.141. The van der Waals surface area contributed by atoms with Crippen LogP contribution in [0.2, 0.25) is 0 Å². The van der Waals surface area contributed by atoms with Crippen molar-refractivity contribution in [1.29, 1.82) is 0 Å². The van der Waals surface area contributed by atoms with Crippen LogP contribution in [-0.2, 0) is 11.3 Å². The molecular weight excluding hydrogens is 332 g/mol. The van der Waals surface area contributed by atoms with E-state index in [9.17, 15) is 19.5 Å². The van der Waals surface area contributed by atoms with Gasteiger partial charge in [0.2, 0.25) is 0 Å². The van der Waals surface area contributed by atoms with E-state index in [0.29, 0.717) is 31.8 Å². The van der Waals surface area contributed by atoms with Gasteiger partial charge in [0.15, 0.2) is 0 Å². The Morgan fingerprint density at radius 1 is 1.12 bits per heavy atom. The first-order valence-electron chi connectivity index (χ1n) is 9.65. The third-order valence-corrected chi connectivity index (χ3v) is 6.01. The molecule has 1 amide bonds. The van der Waals surface area contributed by atoms with Crippen molar-refractivity contribution in [2.45, 2.75) is 71.4 Å². The summed E-state index contributed by atoms with van der Waals surface area (Å²) in [6.45, 7) is 4.87. The van der Waals surface area contributed by atoms with Crippen LogP contribution >= 0.6 is 0 Å². The molecule has 3 rings (SSSR count). The van der Waals surface area contributed by atoms with Gasteiger partial charge in [-0.05, 0) is 57.1 Å². The monoisotopic (exact) mass is 360 g/mol. The van der Waals surface area contributed by atoms with E-state index in [-0.39, 0.29) is 11.1 Å². The van der Waals surface area contributed by atoms with Crippen molar-refractivity contribution in [1.82, 2.24) is 9.47 Å². The predicted octanol–water partition coefficient (Wildman–Crippen LogP) is 2.73. The van der Waals surface area contributed by atoms with Gasteiger partial charge in [-0.25, -0.2) is 4.79 Å². The van der Waals surface area contributed by atoms with E-state index in [4.69, 9.17) is 0 Å². The highest BCUT2D eigenvalue weighted by Crippen LogP contribution is 2.26. The number of carbonyl (C=O) groups excluding carboxylic acids is 1. The van der Waals surface area contributed by atoms with Crippen LogP contribution < -0.4 is 5.56 Å². The fraction of sp³-hybridized carbons (Fsp3) is 0.650. The Morgan fingerprint density at radius 2 is 1.81 bits per heavy atom. The minimum atomic E-state index is -0.998. The molecule has 0 unspecified atom stereocenters. The zero-order valence-corrected chi connectivity index (χ0v) is 15.7. The van der Waals surface area contributed by atoms with Gasteiger partial charge in [-0.2, -0.15) is 0 Å². The Kier molecular flexibility index (Phi) is 5.49. The quantitative estimate of drug-likeness (QED) is 0.895.